The number of fused-ring (bicyclic) bond motifs is 1. The first-order chi connectivity index (χ1) is 8.51. The number of imidazole rings is 1. The predicted octanol–water partition coefficient (Wildman–Crippen LogP) is 0.877. The molecule has 0 saturated heterocycles. The lowest BCUT2D eigenvalue weighted by atomic mass is 10.3. The Morgan fingerprint density at radius 1 is 1.56 bits per heavy atom. The molecule has 0 fully saturated rings. The summed E-state index contributed by atoms with van der Waals surface area (Å²) in [6.45, 7) is 6.26. The lowest BCUT2D eigenvalue weighted by Crippen LogP contribution is -2.20. The standard InChI is InChI=1S/C11H17N5O2/c1-5-15-9-8(6(2)14-15)13-11(12)16(9)7(3)10(17)18-4/h7H,5H2,1-4H3,(H2,12,13). The van der Waals surface area contributed by atoms with Crippen LogP contribution in [0.2, 0.25) is 0 Å². The zero-order valence-electron chi connectivity index (χ0n) is 11.0. The van der Waals surface area contributed by atoms with Gasteiger partial charge in [0.1, 0.15) is 11.6 Å². The molecule has 2 aromatic heterocycles. The van der Waals surface area contributed by atoms with E-state index >= 15 is 0 Å². The van der Waals surface area contributed by atoms with E-state index in [2.05, 4.69) is 10.1 Å². The molecule has 0 bridgehead atoms. The lowest BCUT2D eigenvalue weighted by Gasteiger charge is -2.13. The Labute approximate surface area is 105 Å². The van der Waals surface area contributed by atoms with Crippen molar-refractivity contribution in [3.05, 3.63) is 5.69 Å². The second-order valence-electron chi connectivity index (χ2n) is 4.11. The third-order valence-corrected chi connectivity index (χ3v) is 3.00. The average molecular weight is 251 g/mol. The largest absolute Gasteiger partial charge is 0.467 e. The number of nitrogens with two attached hydrogens (primary N) is 1. The number of aryl methyl sites for hydroxylation is 2. The van der Waals surface area contributed by atoms with Crippen molar-refractivity contribution in [1.29, 1.82) is 0 Å². The van der Waals surface area contributed by atoms with E-state index in [4.69, 9.17) is 10.5 Å². The van der Waals surface area contributed by atoms with Crippen LogP contribution in [0.15, 0.2) is 0 Å². The monoisotopic (exact) mass is 251 g/mol. The highest BCUT2D eigenvalue weighted by atomic mass is 16.5. The lowest BCUT2D eigenvalue weighted by molar-refractivity contribution is -0.143. The van der Waals surface area contributed by atoms with Crippen LogP contribution in [0, 0.1) is 6.92 Å². The van der Waals surface area contributed by atoms with Crippen molar-refractivity contribution in [2.45, 2.75) is 33.4 Å². The van der Waals surface area contributed by atoms with Crippen molar-refractivity contribution < 1.29 is 9.53 Å². The molecule has 0 radical (unpaired) electrons. The Balaban J connectivity index is 2.69. The Hall–Kier alpha value is -2.05. The van der Waals surface area contributed by atoms with Gasteiger partial charge in [0.2, 0.25) is 5.95 Å². The van der Waals surface area contributed by atoms with E-state index in [9.17, 15) is 4.79 Å². The number of esters is 1. The van der Waals surface area contributed by atoms with Crippen LogP contribution in [0.4, 0.5) is 5.95 Å². The van der Waals surface area contributed by atoms with Gasteiger partial charge in [0.05, 0.1) is 12.8 Å². The minimum atomic E-state index is -0.526. The van der Waals surface area contributed by atoms with Crippen LogP contribution in [0.1, 0.15) is 25.6 Å². The molecule has 0 aliphatic carbocycles. The summed E-state index contributed by atoms with van der Waals surface area (Å²) >= 11 is 0. The number of carbonyl (C=O) groups is 1. The van der Waals surface area contributed by atoms with Crippen LogP contribution in [0.5, 0.6) is 0 Å². The number of hydrogen-bond donors (Lipinski definition) is 1. The summed E-state index contributed by atoms with van der Waals surface area (Å²) in [4.78, 5) is 15.9. The molecular formula is C11H17N5O2. The summed E-state index contributed by atoms with van der Waals surface area (Å²) < 4.78 is 8.19. The second kappa shape index (κ2) is 4.32. The van der Waals surface area contributed by atoms with Crippen molar-refractivity contribution in [3.63, 3.8) is 0 Å². The number of nitrogens with zero attached hydrogens (tertiary/aromatic N) is 4. The number of ether oxygens (including phenoxy) is 1. The zero-order chi connectivity index (χ0) is 13.4. The highest BCUT2D eigenvalue weighted by Crippen LogP contribution is 2.25. The highest BCUT2D eigenvalue weighted by Gasteiger charge is 2.24. The quantitative estimate of drug-likeness (QED) is 0.818. The van der Waals surface area contributed by atoms with Crippen LogP contribution in [0.25, 0.3) is 11.2 Å². The van der Waals surface area contributed by atoms with E-state index in [0.29, 0.717) is 12.5 Å². The molecule has 7 nitrogen and oxygen atoms in total. The van der Waals surface area contributed by atoms with E-state index in [1.807, 2.05) is 13.8 Å². The van der Waals surface area contributed by atoms with Gasteiger partial charge in [-0.2, -0.15) is 5.10 Å². The molecule has 7 heteroatoms. The zero-order valence-corrected chi connectivity index (χ0v) is 11.0. The number of methoxy groups -OCH3 is 1. The first-order valence-electron chi connectivity index (χ1n) is 5.79. The average Bonchev–Trinajstić information content (AvgIpc) is 2.84. The second-order valence-corrected chi connectivity index (χ2v) is 4.11. The molecule has 0 aliphatic heterocycles. The van der Waals surface area contributed by atoms with Gasteiger partial charge in [0.25, 0.3) is 0 Å². The summed E-state index contributed by atoms with van der Waals surface area (Å²) in [5.41, 5.74) is 8.17. The molecule has 0 aliphatic rings. The Kier molecular flexibility index (Phi) is 2.98. The molecule has 2 N–H and O–H groups in total. The molecule has 2 aromatic rings. The van der Waals surface area contributed by atoms with Gasteiger partial charge in [-0.1, -0.05) is 0 Å². The van der Waals surface area contributed by atoms with Crippen LogP contribution in [-0.4, -0.2) is 32.4 Å². The van der Waals surface area contributed by atoms with Gasteiger partial charge in [-0.15, -0.1) is 0 Å². The number of aromatic nitrogens is 4. The van der Waals surface area contributed by atoms with E-state index in [0.717, 1.165) is 16.9 Å². The fourth-order valence-electron chi connectivity index (χ4n) is 2.08. The van der Waals surface area contributed by atoms with E-state index in [1.54, 1.807) is 16.2 Å². The molecule has 18 heavy (non-hydrogen) atoms. The molecule has 1 unspecified atom stereocenters. The smallest absolute Gasteiger partial charge is 0.328 e. The number of anilines is 1. The maximum atomic E-state index is 11.7. The first-order valence-corrected chi connectivity index (χ1v) is 5.79. The van der Waals surface area contributed by atoms with Crippen molar-refractivity contribution in [3.8, 4) is 0 Å². The number of hydrogen-bond acceptors (Lipinski definition) is 5. The van der Waals surface area contributed by atoms with Gasteiger partial charge in [-0.05, 0) is 20.8 Å². The molecule has 2 rings (SSSR count). The third kappa shape index (κ3) is 1.62. The van der Waals surface area contributed by atoms with Crippen molar-refractivity contribution in [2.75, 3.05) is 12.8 Å². The van der Waals surface area contributed by atoms with Gasteiger partial charge in [0.15, 0.2) is 5.65 Å². The van der Waals surface area contributed by atoms with Gasteiger partial charge in [-0.25, -0.2) is 14.5 Å². The fourth-order valence-corrected chi connectivity index (χ4v) is 2.08. The van der Waals surface area contributed by atoms with Crippen LogP contribution < -0.4 is 5.73 Å². The van der Waals surface area contributed by atoms with Crippen molar-refractivity contribution >= 4 is 23.1 Å². The summed E-state index contributed by atoms with van der Waals surface area (Å²) in [5.74, 6) is -0.0619. The summed E-state index contributed by atoms with van der Waals surface area (Å²) in [5, 5.41) is 4.36. The van der Waals surface area contributed by atoms with Gasteiger partial charge >= 0.3 is 5.97 Å². The minimum absolute atomic E-state index is 0.297. The van der Waals surface area contributed by atoms with Crippen LogP contribution >= 0.6 is 0 Å². The minimum Gasteiger partial charge on any atom is -0.467 e. The molecule has 2 heterocycles. The normalized spacial score (nSPS) is 12.9. The number of nitrogen functional groups attached to an aromatic ring is 1. The Morgan fingerprint density at radius 3 is 2.78 bits per heavy atom. The first kappa shape index (κ1) is 12.4. The van der Waals surface area contributed by atoms with E-state index < -0.39 is 6.04 Å². The molecule has 0 aromatic carbocycles. The van der Waals surface area contributed by atoms with Crippen LogP contribution in [-0.2, 0) is 16.1 Å². The summed E-state index contributed by atoms with van der Waals surface area (Å²) in [6, 6.07) is -0.526. The highest BCUT2D eigenvalue weighted by molar-refractivity contribution is 5.82. The SMILES string of the molecule is CCn1nc(C)c2nc(N)n(C(C)C(=O)OC)c21. The number of rotatable bonds is 3. The van der Waals surface area contributed by atoms with Crippen molar-refractivity contribution in [1.82, 2.24) is 19.3 Å². The maximum Gasteiger partial charge on any atom is 0.328 e. The summed E-state index contributed by atoms with van der Waals surface area (Å²) in [7, 11) is 1.35. The molecule has 1 atom stereocenters. The van der Waals surface area contributed by atoms with E-state index in [-0.39, 0.29) is 5.97 Å². The maximum absolute atomic E-state index is 11.7. The Morgan fingerprint density at radius 2 is 2.22 bits per heavy atom. The molecule has 0 saturated carbocycles. The predicted molar refractivity (Wildman–Crippen MR) is 67.1 cm³/mol. The third-order valence-electron chi connectivity index (χ3n) is 3.00. The fraction of sp³-hybridized carbons (Fsp3) is 0.545. The molecule has 98 valence electrons. The molecule has 0 spiro atoms. The van der Waals surface area contributed by atoms with E-state index in [1.165, 1.54) is 7.11 Å². The van der Waals surface area contributed by atoms with Crippen molar-refractivity contribution in [2.24, 2.45) is 0 Å². The summed E-state index contributed by atoms with van der Waals surface area (Å²) in [6.07, 6.45) is 0. The number of carbonyl (C=O) groups excluding carboxylic acids is 1. The van der Waals surface area contributed by atoms with Gasteiger partial charge in [-0.3, -0.25) is 4.57 Å². The van der Waals surface area contributed by atoms with Gasteiger partial charge in [0, 0.05) is 6.54 Å². The Bertz CT molecular complexity index is 598. The van der Waals surface area contributed by atoms with Crippen LogP contribution in [0.3, 0.4) is 0 Å². The van der Waals surface area contributed by atoms with Gasteiger partial charge < -0.3 is 10.5 Å². The molecule has 0 amide bonds. The topological polar surface area (TPSA) is 88.0 Å². The molecular weight excluding hydrogens is 234 g/mol.